The van der Waals surface area contributed by atoms with Gasteiger partial charge in [-0.05, 0) is 24.6 Å². The molecular weight excluding hydrogens is 218 g/mol. The number of nitrogens with zero attached hydrogens (tertiary/aromatic N) is 1. The molecule has 0 heterocycles. The standard InChI is InChI=1S/C9H8BrNO/c1-6(12)8-3-2-7(5-11)4-9(8)10/h2-4,6,12H,1H3. The molecule has 12 heavy (non-hydrogen) atoms. The molecule has 1 aromatic carbocycles. The lowest BCUT2D eigenvalue weighted by Crippen LogP contribution is -1.92. The van der Waals surface area contributed by atoms with Gasteiger partial charge in [0, 0.05) is 4.47 Å². The normalized spacial score (nSPS) is 12.2. The summed E-state index contributed by atoms with van der Waals surface area (Å²) in [6.45, 7) is 1.69. The fourth-order valence-corrected chi connectivity index (χ4v) is 1.65. The van der Waals surface area contributed by atoms with Gasteiger partial charge in [-0.3, -0.25) is 0 Å². The summed E-state index contributed by atoms with van der Waals surface area (Å²) in [4.78, 5) is 0. The van der Waals surface area contributed by atoms with Crippen LogP contribution in [0.1, 0.15) is 24.2 Å². The summed E-state index contributed by atoms with van der Waals surface area (Å²) < 4.78 is 0.775. The van der Waals surface area contributed by atoms with Crippen LogP contribution in [0.25, 0.3) is 0 Å². The molecule has 0 aromatic heterocycles. The van der Waals surface area contributed by atoms with Gasteiger partial charge in [0.1, 0.15) is 0 Å². The molecule has 1 unspecified atom stereocenters. The Morgan fingerprint density at radius 3 is 2.67 bits per heavy atom. The third kappa shape index (κ3) is 1.84. The van der Waals surface area contributed by atoms with Gasteiger partial charge >= 0.3 is 0 Å². The minimum Gasteiger partial charge on any atom is -0.389 e. The summed E-state index contributed by atoms with van der Waals surface area (Å²) in [5.41, 5.74) is 1.39. The Kier molecular flexibility index (Phi) is 2.85. The molecule has 1 aromatic rings. The van der Waals surface area contributed by atoms with E-state index in [0.717, 1.165) is 10.0 Å². The van der Waals surface area contributed by atoms with Crippen molar-refractivity contribution in [1.82, 2.24) is 0 Å². The SMILES string of the molecule is CC(O)c1ccc(C#N)cc1Br. The quantitative estimate of drug-likeness (QED) is 0.798. The van der Waals surface area contributed by atoms with Gasteiger partial charge in [-0.15, -0.1) is 0 Å². The molecule has 1 N–H and O–H groups in total. The first-order valence-corrected chi connectivity index (χ1v) is 4.32. The first kappa shape index (κ1) is 9.24. The van der Waals surface area contributed by atoms with Gasteiger partial charge in [-0.25, -0.2) is 0 Å². The van der Waals surface area contributed by atoms with Crippen molar-refractivity contribution >= 4 is 15.9 Å². The number of aliphatic hydroxyl groups is 1. The van der Waals surface area contributed by atoms with Crippen molar-refractivity contribution in [2.75, 3.05) is 0 Å². The van der Waals surface area contributed by atoms with Crippen LogP contribution in [0.3, 0.4) is 0 Å². The van der Waals surface area contributed by atoms with E-state index in [1.165, 1.54) is 0 Å². The molecule has 0 radical (unpaired) electrons. The van der Waals surface area contributed by atoms with Gasteiger partial charge in [0.05, 0.1) is 17.7 Å². The zero-order chi connectivity index (χ0) is 9.14. The van der Waals surface area contributed by atoms with Crippen LogP contribution in [0.5, 0.6) is 0 Å². The Balaban J connectivity index is 3.14. The molecule has 0 spiro atoms. The number of rotatable bonds is 1. The molecule has 1 atom stereocenters. The van der Waals surface area contributed by atoms with Crippen molar-refractivity contribution in [2.45, 2.75) is 13.0 Å². The molecule has 0 amide bonds. The minimum absolute atomic E-state index is 0.507. The largest absolute Gasteiger partial charge is 0.389 e. The zero-order valence-corrected chi connectivity index (χ0v) is 8.17. The lowest BCUT2D eigenvalue weighted by atomic mass is 10.1. The summed E-state index contributed by atoms with van der Waals surface area (Å²) in [6.07, 6.45) is -0.507. The van der Waals surface area contributed by atoms with E-state index in [4.69, 9.17) is 5.26 Å². The lowest BCUT2D eigenvalue weighted by Gasteiger charge is -2.06. The Morgan fingerprint density at radius 2 is 2.25 bits per heavy atom. The fourth-order valence-electron chi connectivity index (χ4n) is 0.935. The van der Waals surface area contributed by atoms with Crippen LogP contribution in [-0.4, -0.2) is 5.11 Å². The van der Waals surface area contributed by atoms with Gasteiger partial charge in [0.15, 0.2) is 0 Å². The van der Waals surface area contributed by atoms with Crippen molar-refractivity contribution < 1.29 is 5.11 Å². The van der Waals surface area contributed by atoms with Crippen LogP contribution in [0.15, 0.2) is 22.7 Å². The molecule has 1 rings (SSSR count). The molecule has 0 saturated heterocycles. The predicted octanol–water partition coefficient (Wildman–Crippen LogP) is 2.37. The second kappa shape index (κ2) is 3.70. The summed E-state index contributed by atoms with van der Waals surface area (Å²) in [5.74, 6) is 0. The molecule has 0 aliphatic heterocycles. The van der Waals surface area contributed by atoms with Gasteiger partial charge in [0.2, 0.25) is 0 Å². The van der Waals surface area contributed by atoms with E-state index in [1.807, 2.05) is 6.07 Å². The number of aliphatic hydroxyl groups excluding tert-OH is 1. The van der Waals surface area contributed by atoms with Crippen molar-refractivity contribution in [3.05, 3.63) is 33.8 Å². The van der Waals surface area contributed by atoms with Crippen LogP contribution < -0.4 is 0 Å². The zero-order valence-electron chi connectivity index (χ0n) is 6.58. The molecule has 0 aliphatic rings. The van der Waals surface area contributed by atoms with Crippen LogP contribution >= 0.6 is 15.9 Å². The number of benzene rings is 1. The Hall–Kier alpha value is -0.850. The fraction of sp³-hybridized carbons (Fsp3) is 0.222. The Labute approximate surface area is 79.6 Å². The summed E-state index contributed by atoms with van der Waals surface area (Å²) >= 11 is 3.28. The Morgan fingerprint density at radius 1 is 1.58 bits per heavy atom. The second-order valence-corrected chi connectivity index (χ2v) is 3.38. The molecule has 0 saturated carbocycles. The third-order valence-corrected chi connectivity index (χ3v) is 2.27. The van der Waals surface area contributed by atoms with E-state index < -0.39 is 6.10 Å². The number of halogens is 1. The molecule has 0 fully saturated rings. The van der Waals surface area contributed by atoms with Gasteiger partial charge in [-0.1, -0.05) is 22.0 Å². The average Bonchev–Trinajstić information content (AvgIpc) is 2.03. The average molecular weight is 226 g/mol. The van der Waals surface area contributed by atoms with Crippen LogP contribution in [0.4, 0.5) is 0 Å². The molecule has 62 valence electrons. The van der Waals surface area contributed by atoms with Crippen LogP contribution in [-0.2, 0) is 0 Å². The summed E-state index contributed by atoms with van der Waals surface area (Å²) in [6, 6.07) is 7.15. The number of hydrogen-bond acceptors (Lipinski definition) is 2. The van der Waals surface area contributed by atoms with Crippen molar-refractivity contribution in [3.8, 4) is 6.07 Å². The molecule has 3 heteroatoms. The van der Waals surface area contributed by atoms with E-state index in [-0.39, 0.29) is 0 Å². The molecule has 0 aliphatic carbocycles. The van der Waals surface area contributed by atoms with E-state index in [0.29, 0.717) is 5.56 Å². The van der Waals surface area contributed by atoms with E-state index in [9.17, 15) is 5.11 Å². The second-order valence-electron chi connectivity index (χ2n) is 2.52. The highest BCUT2D eigenvalue weighted by atomic mass is 79.9. The number of nitriles is 1. The van der Waals surface area contributed by atoms with E-state index in [2.05, 4.69) is 15.9 Å². The summed E-state index contributed by atoms with van der Waals surface area (Å²) in [5, 5.41) is 17.8. The van der Waals surface area contributed by atoms with Crippen molar-refractivity contribution in [3.63, 3.8) is 0 Å². The highest BCUT2D eigenvalue weighted by molar-refractivity contribution is 9.10. The van der Waals surface area contributed by atoms with Crippen molar-refractivity contribution in [1.29, 1.82) is 5.26 Å². The third-order valence-electron chi connectivity index (χ3n) is 1.58. The van der Waals surface area contributed by atoms with Crippen LogP contribution in [0.2, 0.25) is 0 Å². The van der Waals surface area contributed by atoms with Crippen LogP contribution in [0, 0.1) is 11.3 Å². The van der Waals surface area contributed by atoms with Gasteiger partial charge < -0.3 is 5.11 Å². The minimum atomic E-state index is -0.507. The first-order valence-electron chi connectivity index (χ1n) is 3.52. The number of hydrogen-bond donors (Lipinski definition) is 1. The maximum Gasteiger partial charge on any atom is 0.0992 e. The maximum absolute atomic E-state index is 9.26. The highest BCUT2D eigenvalue weighted by Gasteiger charge is 2.05. The molecule has 2 nitrogen and oxygen atoms in total. The van der Waals surface area contributed by atoms with Gasteiger partial charge in [-0.2, -0.15) is 5.26 Å². The lowest BCUT2D eigenvalue weighted by molar-refractivity contribution is 0.198. The van der Waals surface area contributed by atoms with Crippen molar-refractivity contribution in [2.24, 2.45) is 0 Å². The van der Waals surface area contributed by atoms with E-state index in [1.54, 1.807) is 25.1 Å². The molecule has 0 bridgehead atoms. The smallest absolute Gasteiger partial charge is 0.0992 e. The maximum atomic E-state index is 9.26. The highest BCUT2D eigenvalue weighted by Crippen LogP contribution is 2.23. The van der Waals surface area contributed by atoms with Gasteiger partial charge in [0.25, 0.3) is 0 Å². The van der Waals surface area contributed by atoms with E-state index >= 15 is 0 Å². The topological polar surface area (TPSA) is 44.0 Å². The molecular formula is C9H8BrNO. The Bertz CT molecular complexity index is 328. The monoisotopic (exact) mass is 225 g/mol. The predicted molar refractivity (Wildman–Crippen MR) is 49.5 cm³/mol. The first-order chi connectivity index (χ1) is 5.65. The summed E-state index contributed by atoms with van der Waals surface area (Å²) in [7, 11) is 0.